The number of aromatic nitrogens is 4. The fourth-order valence-electron chi connectivity index (χ4n) is 5.28. The van der Waals surface area contributed by atoms with Crippen molar-refractivity contribution in [3.63, 3.8) is 0 Å². The number of carboxylic acids is 1. The molecule has 8 heteroatoms. The molecule has 4 aromatic rings. The molecule has 1 fully saturated rings. The van der Waals surface area contributed by atoms with E-state index >= 15 is 0 Å². The molecule has 36 heavy (non-hydrogen) atoms. The molecular formula is C28H30N4O4. The lowest BCUT2D eigenvalue weighted by Gasteiger charge is -2.28. The first kappa shape index (κ1) is 23.9. The highest BCUT2D eigenvalue weighted by Gasteiger charge is 2.35. The maximum absolute atomic E-state index is 11.5. The zero-order valence-electron chi connectivity index (χ0n) is 20.8. The maximum atomic E-state index is 11.5. The number of rotatable bonds is 8. The maximum Gasteiger partial charge on any atom is 0.335 e. The Kier molecular flexibility index (Phi) is 6.45. The van der Waals surface area contributed by atoms with Gasteiger partial charge in [0.15, 0.2) is 5.69 Å². The molecular weight excluding hydrogens is 456 g/mol. The first-order chi connectivity index (χ1) is 17.4. The third kappa shape index (κ3) is 4.44. The number of hydrogen-bond acceptors (Lipinski definition) is 6. The van der Waals surface area contributed by atoms with Crippen molar-refractivity contribution in [3.8, 4) is 23.0 Å². The molecule has 186 valence electrons. The smallest absolute Gasteiger partial charge is 0.335 e. The summed E-state index contributed by atoms with van der Waals surface area (Å²) in [6.45, 7) is 4.95. The minimum absolute atomic E-state index is 0.0996. The zero-order chi connectivity index (χ0) is 25.3. The van der Waals surface area contributed by atoms with E-state index in [1.165, 1.54) is 18.4 Å². The van der Waals surface area contributed by atoms with Gasteiger partial charge in [-0.25, -0.2) is 4.79 Å². The van der Waals surface area contributed by atoms with Gasteiger partial charge in [0.1, 0.15) is 0 Å². The normalized spacial score (nSPS) is 14.9. The lowest BCUT2D eigenvalue weighted by Crippen LogP contribution is -2.27. The highest BCUT2D eigenvalue weighted by molar-refractivity contribution is 5.89. The van der Waals surface area contributed by atoms with Crippen LogP contribution in [0.3, 0.4) is 0 Å². The van der Waals surface area contributed by atoms with E-state index in [0.29, 0.717) is 29.5 Å². The molecule has 2 heterocycles. The number of aromatic carboxylic acids is 1. The lowest BCUT2D eigenvalue weighted by atomic mass is 9.79. The monoisotopic (exact) mass is 486 g/mol. The third-order valence-electron chi connectivity index (χ3n) is 7.36. The van der Waals surface area contributed by atoms with Crippen LogP contribution in [0.15, 0.2) is 53.1 Å². The van der Waals surface area contributed by atoms with Crippen molar-refractivity contribution in [1.29, 1.82) is 0 Å². The Labute approximate surface area is 209 Å². The number of methoxy groups -OCH3 is 1. The van der Waals surface area contributed by atoms with Gasteiger partial charge in [0.05, 0.1) is 18.7 Å². The molecule has 0 atom stereocenters. The Hall–Kier alpha value is -3.78. The van der Waals surface area contributed by atoms with E-state index < -0.39 is 5.97 Å². The molecule has 0 aliphatic heterocycles. The van der Waals surface area contributed by atoms with Gasteiger partial charge in [-0.2, -0.15) is 10.1 Å². The molecule has 8 nitrogen and oxygen atoms in total. The van der Waals surface area contributed by atoms with Crippen molar-refractivity contribution in [2.24, 2.45) is 0 Å². The number of hydrogen-bond donors (Lipinski definition) is 1. The lowest BCUT2D eigenvalue weighted by molar-refractivity contribution is 0.0696. The first-order valence-corrected chi connectivity index (χ1v) is 12.2. The number of aryl methyl sites for hydroxylation is 1. The summed E-state index contributed by atoms with van der Waals surface area (Å²) < 4.78 is 12.9. The SMILES string of the molecule is COCC1(c2ccc(-c3noc(-c4cc(C)n(Cc5cccc(C(=O)O)c5C)n4)n3)cc2)CCCC1. The average molecular weight is 487 g/mol. The first-order valence-electron chi connectivity index (χ1n) is 12.2. The number of benzene rings is 2. The fourth-order valence-corrected chi connectivity index (χ4v) is 5.28. The Morgan fingerprint density at radius 2 is 1.89 bits per heavy atom. The topological polar surface area (TPSA) is 103 Å². The van der Waals surface area contributed by atoms with E-state index in [2.05, 4.69) is 27.4 Å². The van der Waals surface area contributed by atoms with Crippen LogP contribution < -0.4 is 0 Å². The minimum atomic E-state index is -0.934. The summed E-state index contributed by atoms with van der Waals surface area (Å²) in [5.41, 5.74) is 5.70. The molecule has 0 spiro atoms. The van der Waals surface area contributed by atoms with Gasteiger partial charge in [0, 0.05) is 23.8 Å². The second-order valence-electron chi connectivity index (χ2n) is 9.64. The molecule has 1 N–H and O–H groups in total. The van der Waals surface area contributed by atoms with E-state index in [1.807, 2.05) is 42.8 Å². The van der Waals surface area contributed by atoms with E-state index in [-0.39, 0.29) is 5.41 Å². The summed E-state index contributed by atoms with van der Waals surface area (Å²) in [6.07, 6.45) is 4.76. The number of nitrogens with zero attached hydrogens (tertiary/aromatic N) is 4. The third-order valence-corrected chi connectivity index (χ3v) is 7.36. The van der Waals surface area contributed by atoms with Crippen molar-refractivity contribution in [2.75, 3.05) is 13.7 Å². The van der Waals surface area contributed by atoms with Gasteiger partial charge < -0.3 is 14.4 Å². The Balaban J connectivity index is 1.36. The van der Waals surface area contributed by atoms with Crippen molar-refractivity contribution in [2.45, 2.75) is 51.5 Å². The highest BCUT2D eigenvalue weighted by Crippen LogP contribution is 2.41. The van der Waals surface area contributed by atoms with Crippen molar-refractivity contribution >= 4 is 5.97 Å². The van der Waals surface area contributed by atoms with Crippen LogP contribution in [-0.2, 0) is 16.7 Å². The van der Waals surface area contributed by atoms with E-state index in [4.69, 9.17) is 9.26 Å². The average Bonchev–Trinajstić information content (AvgIpc) is 3.62. The largest absolute Gasteiger partial charge is 0.478 e. The Morgan fingerprint density at radius 1 is 1.14 bits per heavy atom. The van der Waals surface area contributed by atoms with Gasteiger partial charge in [-0.1, -0.05) is 54.4 Å². The van der Waals surface area contributed by atoms with Crippen LogP contribution in [0, 0.1) is 13.8 Å². The summed E-state index contributed by atoms with van der Waals surface area (Å²) in [5, 5.41) is 18.3. The predicted octanol–water partition coefficient (Wildman–Crippen LogP) is 5.42. The molecule has 1 aliphatic rings. The predicted molar refractivity (Wildman–Crippen MR) is 135 cm³/mol. The standard InChI is InChI=1S/C28H30N4O4/c1-18-15-24(30-32(18)16-21-7-6-8-23(19(21)2)27(33)34)26-29-25(31-36-26)20-9-11-22(12-10-20)28(17-35-3)13-4-5-14-28/h6-12,15H,4-5,13-14,16-17H2,1-3H3,(H,33,34). The Bertz CT molecular complexity index is 1380. The Morgan fingerprint density at radius 3 is 2.58 bits per heavy atom. The number of carboxylic acid groups (broad SMARTS) is 1. The summed E-state index contributed by atoms with van der Waals surface area (Å²) in [4.78, 5) is 16.1. The molecule has 0 amide bonds. The van der Waals surface area contributed by atoms with Crippen LogP contribution in [0.5, 0.6) is 0 Å². The van der Waals surface area contributed by atoms with Crippen LogP contribution in [0.1, 0.15) is 58.4 Å². The van der Waals surface area contributed by atoms with E-state index in [9.17, 15) is 9.90 Å². The van der Waals surface area contributed by atoms with Crippen LogP contribution in [-0.4, -0.2) is 44.7 Å². The van der Waals surface area contributed by atoms with E-state index in [1.54, 1.807) is 19.2 Å². The number of ether oxygens (including phenoxy) is 1. The van der Waals surface area contributed by atoms with Crippen molar-refractivity contribution in [3.05, 3.63) is 76.5 Å². The second kappa shape index (κ2) is 9.70. The van der Waals surface area contributed by atoms with Gasteiger partial charge in [0.2, 0.25) is 5.82 Å². The van der Waals surface area contributed by atoms with Crippen LogP contribution >= 0.6 is 0 Å². The summed E-state index contributed by atoms with van der Waals surface area (Å²) in [5.74, 6) is -0.0738. The second-order valence-corrected chi connectivity index (χ2v) is 9.64. The molecule has 1 saturated carbocycles. The van der Waals surface area contributed by atoms with Crippen molar-refractivity contribution < 1.29 is 19.2 Å². The van der Waals surface area contributed by atoms with Gasteiger partial charge in [-0.15, -0.1) is 0 Å². The van der Waals surface area contributed by atoms with Gasteiger partial charge in [0.25, 0.3) is 5.89 Å². The summed E-state index contributed by atoms with van der Waals surface area (Å²) >= 11 is 0. The molecule has 2 aromatic carbocycles. The molecule has 0 radical (unpaired) electrons. The van der Waals surface area contributed by atoms with Crippen LogP contribution in [0.2, 0.25) is 0 Å². The minimum Gasteiger partial charge on any atom is -0.478 e. The van der Waals surface area contributed by atoms with E-state index in [0.717, 1.165) is 41.8 Å². The van der Waals surface area contributed by atoms with Crippen LogP contribution in [0.4, 0.5) is 0 Å². The molecule has 0 bridgehead atoms. The molecule has 5 rings (SSSR count). The fraction of sp³-hybridized carbons (Fsp3) is 0.357. The molecule has 0 unspecified atom stereocenters. The van der Waals surface area contributed by atoms with Gasteiger partial charge >= 0.3 is 5.97 Å². The van der Waals surface area contributed by atoms with Crippen LogP contribution in [0.25, 0.3) is 23.0 Å². The number of carbonyl (C=O) groups is 1. The summed E-state index contributed by atoms with van der Waals surface area (Å²) in [6, 6.07) is 15.6. The quantitative estimate of drug-likeness (QED) is 0.355. The zero-order valence-corrected chi connectivity index (χ0v) is 20.8. The highest BCUT2D eigenvalue weighted by atomic mass is 16.5. The van der Waals surface area contributed by atoms with Gasteiger partial charge in [-0.3, -0.25) is 4.68 Å². The summed E-state index contributed by atoms with van der Waals surface area (Å²) in [7, 11) is 1.77. The molecule has 2 aromatic heterocycles. The van der Waals surface area contributed by atoms with Crippen molar-refractivity contribution in [1.82, 2.24) is 19.9 Å². The molecule has 1 aliphatic carbocycles. The molecule has 0 saturated heterocycles. The van der Waals surface area contributed by atoms with Gasteiger partial charge in [-0.05, 0) is 55.5 Å².